The molecule has 0 aliphatic rings. The van der Waals surface area contributed by atoms with Crippen LogP contribution in [0.2, 0.25) is 5.02 Å². The summed E-state index contributed by atoms with van der Waals surface area (Å²) in [7, 11) is 1.50. The molecule has 0 unspecified atom stereocenters. The summed E-state index contributed by atoms with van der Waals surface area (Å²) in [6.45, 7) is -0.0862. The van der Waals surface area contributed by atoms with Crippen molar-refractivity contribution in [1.29, 1.82) is 5.26 Å². The molecule has 136 valence electrons. The van der Waals surface area contributed by atoms with E-state index in [-0.39, 0.29) is 23.0 Å². The Hall–Kier alpha value is -3.01. The van der Waals surface area contributed by atoms with Crippen molar-refractivity contribution in [1.82, 2.24) is 9.97 Å². The van der Waals surface area contributed by atoms with Gasteiger partial charge in [-0.2, -0.15) is 5.26 Å². The molecule has 3 rings (SSSR count). The highest BCUT2D eigenvalue weighted by Crippen LogP contribution is 2.30. The monoisotopic (exact) mass is 401 g/mol. The van der Waals surface area contributed by atoms with Gasteiger partial charge in [0, 0.05) is 5.02 Å². The van der Waals surface area contributed by atoms with Gasteiger partial charge < -0.3 is 14.5 Å². The summed E-state index contributed by atoms with van der Waals surface area (Å²) in [5, 5.41) is 9.76. The lowest BCUT2D eigenvalue weighted by molar-refractivity contribution is 0.329. The Bertz CT molecular complexity index is 1130. The Morgan fingerprint density at radius 3 is 2.85 bits per heavy atom. The zero-order chi connectivity index (χ0) is 19.4. The van der Waals surface area contributed by atoms with Crippen molar-refractivity contribution in [2.24, 2.45) is 0 Å². The summed E-state index contributed by atoms with van der Waals surface area (Å²) >= 11 is 12.3. The minimum atomic E-state index is -0.309. The van der Waals surface area contributed by atoms with Gasteiger partial charge in [0.2, 0.25) is 0 Å². The van der Waals surface area contributed by atoms with Crippen molar-refractivity contribution < 1.29 is 9.47 Å². The lowest BCUT2D eigenvalue weighted by Crippen LogP contribution is -2.10. The summed E-state index contributed by atoms with van der Waals surface area (Å²) in [4.78, 5) is 19.2. The Labute approximate surface area is 164 Å². The van der Waals surface area contributed by atoms with Crippen LogP contribution < -0.4 is 15.0 Å². The molecule has 0 atom stereocenters. The highest BCUT2D eigenvalue weighted by molar-refractivity contribution is 6.50. The van der Waals surface area contributed by atoms with Gasteiger partial charge in [0.15, 0.2) is 23.9 Å². The molecular weight excluding hydrogens is 389 g/mol. The number of H-pyrrole nitrogens is 1. The number of hydrogen-bond acceptors (Lipinski definition) is 5. The van der Waals surface area contributed by atoms with Crippen molar-refractivity contribution in [3.8, 4) is 17.6 Å². The van der Waals surface area contributed by atoms with Crippen molar-refractivity contribution in [3.05, 3.63) is 63.2 Å². The highest BCUT2D eigenvalue weighted by Gasteiger charge is 2.09. The first-order chi connectivity index (χ1) is 13.0. The van der Waals surface area contributed by atoms with Gasteiger partial charge in [-0.15, -0.1) is 0 Å². The Balaban J connectivity index is 1.99. The topological polar surface area (TPSA) is 88.0 Å². The molecule has 0 aliphatic heterocycles. The van der Waals surface area contributed by atoms with E-state index in [0.717, 1.165) is 0 Å². The van der Waals surface area contributed by atoms with Gasteiger partial charge in [-0.3, -0.25) is 4.79 Å². The number of nitriles is 1. The molecule has 8 heteroatoms. The van der Waals surface area contributed by atoms with E-state index in [1.165, 1.54) is 7.11 Å². The first-order valence-corrected chi connectivity index (χ1v) is 8.52. The minimum Gasteiger partial charge on any atom is -0.493 e. The molecule has 6 nitrogen and oxygen atoms in total. The molecular formula is C19H13Cl2N3O3. The maximum atomic E-state index is 12.2. The second-order valence-corrected chi connectivity index (χ2v) is 6.27. The van der Waals surface area contributed by atoms with Crippen molar-refractivity contribution in [2.45, 2.75) is 0 Å². The fourth-order valence-corrected chi connectivity index (χ4v) is 2.83. The van der Waals surface area contributed by atoms with Crippen LogP contribution in [0.15, 0.2) is 41.2 Å². The number of benzene rings is 2. The number of methoxy groups -OCH3 is 1. The number of rotatable bonds is 5. The predicted octanol–water partition coefficient (Wildman–Crippen LogP) is 4.22. The molecule has 0 radical (unpaired) electrons. The molecule has 0 saturated heterocycles. The first kappa shape index (κ1) is 18.8. The van der Waals surface area contributed by atoms with Gasteiger partial charge in [0.25, 0.3) is 5.56 Å². The van der Waals surface area contributed by atoms with E-state index < -0.39 is 0 Å². The zero-order valence-corrected chi connectivity index (χ0v) is 15.6. The minimum absolute atomic E-state index is 0.0862. The number of nitrogens with zero attached hydrogens (tertiary/aromatic N) is 2. The number of fused-ring (bicyclic) bond motifs is 1. The summed E-state index contributed by atoms with van der Waals surface area (Å²) < 4.78 is 10.6. The second kappa shape index (κ2) is 8.12. The highest BCUT2D eigenvalue weighted by atomic mass is 35.5. The molecule has 1 heterocycles. The van der Waals surface area contributed by atoms with Crippen LogP contribution in [0.3, 0.4) is 0 Å². The third-order valence-electron chi connectivity index (χ3n) is 3.67. The van der Waals surface area contributed by atoms with Crippen LogP contribution in [0.5, 0.6) is 11.5 Å². The molecule has 0 amide bonds. The van der Waals surface area contributed by atoms with Crippen molar-refractivity contribution >= 4 is 45.2 Å². The number of aromatic nitrogens is 2. The number of hydrogen-bond donors (Lipinski definition) is 1. The van der Waals surface area contributed by atoms with Crippen LogP contribution in [-0.4, -0.2) is 23.7 Å². The predicted molar refractivity (Wildman–Crippen MR) is 105 cm³/mol. The van der Waals surface area contributed by atoms with Gasteiger partial charge in [-0.25, -0.2) is 4.98 Å². The summed E-state index contributed by atoms with van der Waals surface area (Å²) in [5.74, 6) is 1.12. The number of ether oxygens (including phenoxy) is 2. The molecule has 0 saturated carbocycles. The molecule has 0 fully saturated rings. The quantitative estimate of drug-likeness (QED) is 0.690. The van der Waals surface area contributed by atoms with E-state index in [0.29, 0.717) is 33.0 Å². The second-order valence-electron chi connectivity index (χ2n) is 5.43. The fourth-order valence-electron chi connectivity index (χ4n) is 2.44. The summed E-state index contributed by atoms with van der Waals surface area (Å²) in [5.41, 5.74) is 0.844. The lowest BCUT2D eigenvalue weighted by atomic mass is 10.2. The van der Waals surface area contributed by atoms with Crippen LogP contribution in [0.1, 0.15) is 11.4 Å². The van der Waals surface area contributed by atoms with Gasteiger partial charge in [-0.1, -0.05) is 29.3 Å². The molecule has 3 aromatic rings. The molecule has 1 aromatic heterocycles. The van der Waals surface area contributed by atoms with Crippen LogP contribution in [-0.2, 0) is 0 Å². The van der Waals surface area contributed by atoms with Crippen LogP contribution >= 0.6 is 23.2 Å². The normalized spacial score (nSPS) is 11.3. The molecule has 0 bridgehead atoms. The SMILES string of the molecule is COc1cc(/C=C(\Cl)c2nc3cc(Cl)ccc3c(=O)[nH]2)ccc1OCC#N. The zero-order valence-electron chi connectivity index (χ0n) is 14.1. The van der Waals surface area contributed by atoms with Crippen molar-refractivity contribution in [3.63, 3.8) is 0 Å². The Morgan fingerprint density at radius 2 is 2.11 bits per heavy atom. The molecule has 0 aliphatic carbocycles. The van der Waals surface area contributed by atoms with E-state index >= 15 is 0 Å². The summed E-state index contributed by atoms with van der Waals surface area (Å²) in [6, 6.07) is 11.8. The number of halogens is 2. The van der Waals surface area contributed by atoms with Crippen LogP contribution in [0.4, 0.5) is 0 Å². The van der Waals surface area contributed by atoms with E-state index in [2.05, 4.69) is 9.97 Å². The summed E-state index contributed by atoms with van der Waals surface area (Å²) in [6.07, 6.45) is 1.63. The maximum absolute atomic E-state index is 12.2. The maximum Gasteiger partial charge on any atom is 0.259 e. The molecule has 2 aromatic carbocycles. The van der Waals surface area contributed by atoms with E-state index in [1.54, 1.807) is 42.5 Å². The largest absolute Gasteiger partial charge is 0.493 e. The average Bonchev–Trinajstić information content (AvgIpc) is 2.66. The van der Waals surface area contributed by atoms with Crippen molar-refractivity contribution in [2.75, 3.05) is 13.7 Å². The molecule has 0 spiro atoms. The average molecular weight is 402 g/mol. The van der Waals surface area contributed by atoms with Gasteiger partial charge in [-0.05, 0) is 42.0 Å². The van der Waals surface area contributed by atoms with E-state index in [1.807, 2.05) is 6.07 Å². The molecule has 27 heavy (non-hydrogen) atoms. The van der Waals surface area contributed by atoms with Crippen LogP contribution in [0.25, 0.3) is 22.0 Å². The van der Waals surface area contributed by atoms with Gasteiger partial charge >= 0.3 is 0 Å². The number of aromatic amines is 1. The third kappa shape index (κ3) is 4.22. The molecule has 1 N–H and O–H groups in total. The smallest absolute Gasteiger partial charge is 0.259 e. The lowest BCUT2D eigenvalue weighted by Gasteiger charge is -2.09. The fraction of sp³-hybridized carbons (Fsp3) is 0.105. The van der Waals surface area contributed by atoms with Crippen LogP contribution in [0, 0.1) is 11.3 Å². The van der Waals surface area contributed by atoms with E-state index in [9.17, 15) is 4.79 Å². The Morgan fingerprint density at radius 1 is 1.30 bits per heavy atom. The van der Waals surface area contributed by atoms with E-state index in [4.69, 9.17) is 37.9 Å². The Kier molecular flexibility index (Phi) is 5.65. The van der Waals surface area contributed by atoms with Gasteiger partial charge in [0.1, 0.15) is 6.07 Å². The first-order valence-electron chi connectivity index (χ1n) is 7.77. The third-order valence-corrected chi connectivity index (χ3v) is 4.19. The standard InChI is InChI=1S/C19H13Cl2N3O3/c1-26-17-9-11(2-5-16(17)27-7-6-22)8-14(21)18-23-15-10-12(20)3-4-13(15)19(25)24-18/h2-5,8-10H,7H2,1H3,(H,23,24,25)/b14-8-. The van der Waals surface area contributed by atoms with Gasteiger partial charge in [0.05, 0.1) is 23.0 Å². The number of nitrogens with one attached hydrogen (secondary N) is 1.